The minimum absolute atomic E-state index is 0.448. The maximum atomic E-state index is 5.54. The summed E-state index contributed by atoms with van der Waals surface area (Å²) in [5, 5.41) is 7.57. The number of rotatable bonds is 6. The number of hydrogen-bond donors (Lipinski definition) is 1. The Hall–Kier alpha value is -0.520. The largest absolute Gasteiger partial charge is 0.377 e. The summed E-state index contributed by atoms with van der Waals surface area (Å²) < 4.78 is 7.37. The second-order valence-corrected chi connectivity index (χ2v) is 5.21. The van der Waals surface area contributed by atoms with Crippen molar-refractivity contribution in [1.29, 1.82) is 0 Å². The van der Waals surface area contributed by atoms with Crippen LogP contribution in [0, 0.1) is 0 Å². The summed E-state index contributed by atoms with van der Waals surface area (Å²) in [5.74, 6) is 1.08. The zero-order valence-electron chi connectivity index (χ0n) is 9.69. The molecule has 5 heteroatoms. The fourth-order valence-corrected chi connectivity index (χ4v) is 2.61. The van der Waals surface area contributed by atoms with E-state index >= 15 is 0 Å². The Kier molecular flexibility index (Phi) is 4.69. The van der Waals surface area contributed by atoms with Crippen LogP contribution in [0.5, 0.6) is 0 Å². The molecular weight excluding hydrogens is 222 g/mol. The molecule has 1 fully saturated rings. The Balaban J connectivity index is 1.51. The molecule has 1 aromatic rings. The summed E-state index contributed by atoms with van der Waals surface area (Å²) in [5.41, 5.74) is 0. The van der Waals surface area contributed by atoms with E-state index in [1.165, 1.54) is 17.7 Å². The molecular formula is C11H19N3OS. The molecule has 1 saturated heterocycles. The summed E-state index contributed by atoms with van der Waals surface area (Å²) in [6, 6.07) is 0. The van der Waals surface area contributed by atoms with E-state index in [1.54, 1.807) is 0 Å². The van der Waals surface area contributed by atoms with E-state index in [1.807, 2.05) is 35.9 Å². The van der Waals surface area contributed by atoms with Gasteiger partial charge in [-0.3, -0.25) is 4.68 Å². The van der Waals surface area contributed by atoms with Gasteiger partial charge >= 0.3 is 0 Å². The van der Waals surface area contributed by atoms with Crippen LogP contribution in [0.15, 0.2) is 17.3 Å². The molecule has 0 amide bonds. The average Bonchev–Trinajstić information content (AvgIpc) is 2.89. The lowest BCUT2D eigenvalue weighted by Gasteiger charge is -2.09. The van der Waals surface area contributed by atoms with Crippen molar-refractivity contribution in [3.8, 4) is 0 Å². The van der Waals surface area contributed by atoms with Gasteiger partial charge in [0.05, 0.1) is 12.3 Å². The number of ether oxygens (including phenoxy) is 1. The predicted octanol–water partition coefficient (Wildman–Crippen LogP) is 1.28. The minimum atomic E-state index is 0.448. The number of nitrogens with one attached hydrogen (secondary N) is 1. The van der Waals surface area contributed by atoms with Crippen molar-refractivity contribution in [3.63, 3.8) is 0 Å². The smallest absolute Gasteiger partial charge is 0.0700 e. The van der Waals surface area contributed by atoms with Gasteiger partial charge in [-0.15, -0.1) is 11.8 Å². The summed E-state index contributed by atoms with van der Waals surface area (Å²) in [6.07, 6.45) is 6.83. The van der Waals surface area contributed by atoms with Gasteiger partial charge in [-0.25, -0.2) is 0 Å². The van der Waals surface area contributed by atoms with E-state index < -0.39 is 0 Å². The minimum Gasteiger partial charge on any atom is -0.377 e. The summed E-state index contributed by atoms with van der Waals surface area (Å²) in [4.78, 5) is 1.24. The molecule has 2 rings (SSSR count). The van der Waals surface area contributed by atoms with Crippen molar-refractivity contribution >= 4 is 11.8 Å². The monoisotopic (exact) mass is 241 g/mol. The zero-order chi connectivity index (χ0) is 11.2. The first-order valence-electron chi connectivity index (χ1n) is 5.78. The molecule has 1 N–H and O–H groups in total. The van der Waals surface area contributed by atoms with Gasteiger partial charge in [0.25, 0.3) is 0 Å². The van der Waals surface area contributed by atoms with Crippen LogP contribution in [0.2, 0.25) is 0 Å². The molecule has 0 saturated carbocycles. The van der Waals surface area contributed by atoms with E-state index in [2.05, 4.69) is 10.4 Å². The highest BCUT2D eigenvalue weighted by molar-refractivity contribution is 7.99. The average molecular weight is 241 g/mol. The third-order valence-electron chi connectivity index (χ3n) is 2.62. The van der Waals surface area contributed by atoms with E-state index in [9.17, 15) is 0 Å². The van der Waals surface area contributed by atoms with Crippen LogP contribution in [0.4, 0.5) is 0 Å². The number of thioether (sulfide) groups is 1. The quantitative estimate of drug-likeness (QED) is 0.601. The number of aryl methyl sites for hydroxylation is 1. The van der Waals surface area contributed by atoms with Gasteiger partial charge in [-0.2, -0.15) is 5.10 Å². The Labute approximate surface area is 101 Å². The van der Waals surface area contributed by atoms with Crippen molar-refractivity contribution in [2.24, 2.45) is 7.05 Å². The molecule has 2 heterocycles. The molecule has 90 valence electrons. The predicted molar refractivity (Wildman–Crippen MR) is 65.8 cm³/mol. The summed E-state index contributed by atoms with van der Waals surface area (Å²) in [6.45, 7) is 2.96. The summed E-state index contributed by atoms with van der Waals surface area (Å²) in [7, 11) is 1.94. The van der Waals surface area contributed by atoms with Crippen LogP contribution in [-0.4, -0.2) is 41.3 Å². The fraction of sp³-hybridized carbons (Fsp3) is 0.727. The lowest BCUT2D eigenvalue weighted by molar-refractivity contribution is 0.110. The van der Waals surface area contributed by atoms with Crippen molar-refractivity contribution in [2.75, 3.05) is 25.4 Å². The fourth-order valence-electron chi connectivity index (χ4n) is 1.78. The zero-order valence-corrected chi connectivity index (χ0v) is 10.5. The first-order valence-corrected chi connectivity index (χ1v) is 6.77. The molecule has 0 spiro atoms. The Morgan fingerprint density at radius 3 is 3.31 bits per heavy atom. The highest BCUT2D eigenvalue weighted by Gasteiger charge is 2.14. The Morgan fingerprint density at radius 1 is 1.69 bits per heavy atom. The molecule has 0 aliphatic carbocycles. The van der Waals surface area contributed by atoms with Gasteiger partial charge in [0.15, 0.2) is 0 Å². The Bertz CT molecular complexity index is 310. The molecule has 0 bridgehead atoms. The molecule has 1 atom stereocenters. The Morgan fingerprint density at radius 2 is 2.62 bits per heavy atom. The molecule has 0 radical (unpaired) electrons. The van der Waals surface area contributed by atoms with Crippen LogP contribution < -0.4 is 5.32 Å². The van der Waals surface area contributed by atoms with Crippen LogP contribution in [0.25, 0.3) is 0 Å². The maximum absolute atomic E-state index is 5.54. The highest BCUT2D eigenvalue weighted by atomic mass is 32.2. The second-order valence-electron chi connectivity index (χ2n) is 4.04. The van der Waals surface area contributed by atoms with Gasteiger partial charge < -0.3 is 10.1 Å². The lowest BCUT2D eigenvalue weighted by Crippen LogP contribution is -2.27. The molecule has 4 nitrogen and oxygen atoms in total. The van der Waals surface area contributed by atoms with Crippen LogP contribution in [-0.2, 0) is 11.8 Å². The molecule has 0 aromatic carbocycles. The third kappa shape index (κ3) is 3.81. The highest BCUT2D eigenvalue weighted by Crippen LogP contribution is 2.15. The van der Waals surface area contributed by atoms with Crippen molar-refractivity contribution in [3.05, 3.63) is 12.4 Å². The van der Waals surface area contributed by atoms with Crippen LogP contribution in [0.1, 0.15) is 12.8 Å². The molecule has 1 aliphatic heterocycles. The first kappa shape index (κ1) is 12.0. The summed E-state index contributed by atoms with van der Waals surface area (Å²) >= 11 is 1.84. The van der Waals surface area contributed by atoms with Gasteiger partial charge in [-0.05, 0) is 12.8 Å². The van der Waals surface area contributed by atoms with E-state index in [0.717, 1.165) is 25.4 Å². The number of hydrogen-bond acceptors (Lipinski definition) is 4. The van der Waals surface area contributed by atoms with Gasteiger partial charge in [-0.1, -0.05) is 0 Å². The van der Waals surface area contributed by atoms with Crippen LogP contribution >= 0.6 is 11.8 Å². The third-order valence-corrected chi connectivity index (χ3v) is 3.58. The van der Waals surface area contributed by atoms with Crippen molar-refractivity contribution in [2.45, 2.75) is 23.8 Å². The van der Waals surface area contributed by atoms with E-state index in [-0.39, 0.29) is 0 Å². The second kappa shape index (κ2) is 6.27. The standard InChI is InChI=1S/C11H19N3OS/c1-14-9-11(8-13-14)16-6-4-12-7-10-3-2-5-15-10/h8-10,12H,2-7H2,1H3. The lowest BCUT2D eigenvalue weighted by atomic mass is 10.2. The van der Waals surface area contributed by atoms with E-state index in [0.29, 0.717) is 6.10 Å². The van der Waals surface area contributed by atoms with E-state index in [4.69, 9.17) is 4.74 Å². The topological polar surface area (TPSA) is 39.1 Å². The molecule has 1 aromatic heterocycles. The number of aromatic nitrogens is 2. The normalized spacial score (nSPS) is 20.4. The SMILES string of the molecule is Cn1cc(SCCNCC2CCCO2)cn1. The van der Waals surface area contributed by atoms with Gasteiger partial charge in [0, 0.05) is 43.6 Å². The van der Waals surface area contributed by atoms with Crippen LogP contribution in [0.3, 0.4) is 0 Å². The number of nitrogens with zero attached hydrogens (tertiary/aromatic N) is 2. The van der Waals surface area contributed by atoms with Gasteiger partial charge in [0.1, 0.15) is 0 Å². The van der Waals surface area contributed by atoms with Crippen molar-refractivity contribution < 1.29 is 4.74 Å². The van der Waals surface area contributed by atoms with Gasteiger partial charge in [0.2, 0.25) is 0 Å². The molecule has 1 unspecified atom stereocenters. The van der Waals surface area contributed by atoms with Crippen molar-refractivity contribution in [1.82, 2.24) is 15.1 Å². The molecule has 16 heavy (non-hydrogen) atoms. The molecule has 1 aliphatic rings. The first-order chi connectivity index (χ1) is 7.84. The maximum Gasteiger partial charge on any atom is 0.0700 e.